The minimum Gasteiger partial charge on any atom is -0.491 e. The molecule has 0 saturated carbocycles. The van der Waals surface area contributed by atoms with E-state index < -0.39 is 0 Å². The summed E-state index contributed by atoms with van der Waals surface area (Å²) in [7, 11) is 5.04. The molecule has 1 aromatic carbocycles. The van der Waals surface area contributed by atoms with Crippen molar-refractivity contribution in [3.63, 3.8) is 0 Å². The third-order valence-electron chi connectivity index (χ3n) is 2.53. The van der Waals surface area contributed by atoms with Crippen molar-refractivity contribution in [3.05, 3.63) is 29.3 Å². The number of methoxy groups -OCH3 is 1. The zero-order valence-corrected chi connectivity index (χ0v) is 13.7. The van der Waals surface area contributed by atoms with Gasteiger partial charge in [-0.3, -0.25) is 4.79 Å². The Hall–Kier alpha value is -1.59. The van der Waals surface area contributed by atoms with Crippen molar-refractivity contribution in [2.24, 2.45) is 0 Å². The number of aryl methyl sites for hydroxylation is 2. The van der Waals surface area contributed by atoms with Crippen LogP contribution in [0, 0.1) is 13.8 Å². The van der Waals surface area contributed by atoms with Crippen molar-refractivity contribution < 1.29 is 19.0 Å². The summed E-state index contributed by atoms with van der Waals surface area (Å²) in [4.78, 5) is 10.9. The number of carbonyl (C=O) groups is 1. The predicted molar refractivity (Wildman–Crippen MR) is 83.9 cm³/mol. The molecule has 0 radical (unpaired) electrons. The Morgan fingerprint density at radius 3 is 2.05 bits per heavy atom. The number of amides is 1. The molecule has 0 aliphatic carbocycles. The number of hydrogen-bond acceptors (Lipinski definition) is 4. The van der Waals surface area contributed by atoms with Crippen LogP contribution in [0.4, 0.5) is 0 Å². The zero-order valence-electron chi connectivity index (χ0n) is 13.7. The van der Waals surface area contributed by atoms with Crippen LogP contribution in [0.3, 0.4) is 0 Å². The molecule has 0 aliphatic heterocycles. The molecule has 21 heavy (non-hydrogen) atoms. The summed E-state index contributed by atoms with van der Waals surface area (Å²) in [5.74, 6) is 0.970. The second-order valence-electron chi connectivity index (χ2n) is 4.74. The summed E-state index contributed by atoms with van der Waals surface area (Å²) in [6.45, 7) is 6.52. The average molecular weight is 297 g/mol. The first-order valence-corrected chi connectivity index (χ1v) is 6.90. The van der Waals surface area contributed by atoms with E-state index in [-0.39, 0.29) is 0 Å². The first kappa shape index (κ1) is 19.4. The molecule has 0 N–H and O–H groups in total. The van der Waals surface area contributed by atoms with Crippen LogP contribution < -0.4 is 4.74 Å². The highest BCUT2D eigenvalue weighted by molar-refractivity contribution is 5.45. The Morgan fingerprint density at radius 1 is 1.05 bits per heavy atom. The van der Waals surface area contributed by atoms with Gasteiger partial charge in [0.25, 0.3) is 0 Å². The molecule has 0 bridgehead atoms. The molecular weight excluding hydrogens is 270 g/mol. The normalized spacial score (nSPS) is 9.57. The largest absolute Gasteiger partial charge is 0.491 e. The fourth-order valence-electron chi connectivity index (χ4n) is 1.47. The lowest BCUT2D eigenvalue weighted by atomic mass is 10.1. The molecule has 5 nitrogen and oxygen atoms in total. The Labute approximate surface area is 127 Å². The molecule has 0 aromatic heterocycles. The average Bonchev–Trinajstić information content (AvgIpc) is 2.46. The molecule has 0 unspecified atom stereocenters. The first-order chi connectivity index (χ1) is 10.0. The van der Waals surface area contributed by atoms with Gasteiger partial charge in [-0.15, -0.1) is 0 Å². The van der Waals surface area contributed by atoms with E-state index in [1.807, 2.05) is 32.0 Å². The highest BCUT2D eigenvalue weighted by atomic mass is 16.5. The number of benzene rings is 1. The van der Waals surface area contributed by atoms with Crippen molar-refractivity contribution in [2.75, 3.05) is 47.6 Å². The van der Waals surface area contributed by atoms with E-state index in [1.165, 1.54) is 4.90 Å². The predicted octanol–water partition coefficient (Wildman–Crippen LogP) is 2.05. The van der Waals surface area contributed by atoms with E-state index >= 15 is 0 Å². The van der Waals surface area contributed by atoms with Crippen LogP contribution in [0.1, 0.15) is 11.1 Å². The van der Waals surface area contributed by atoms with Gasteiger partial charge in [0.1, 0.15) is 12.4 Å². The molecule has 1 amide bonds. The number of nitrogens with zero attached hydrogens (tertiary/aromatic N) is 1. The molecule has 0 heterocycles. The topological polar surface area (TPSA) is 48.0 Å². The lowest BCUT2D eigenvalue weighted by molar-refractivity contribution is -0.115. The van der Waals surface area contributed by atoms with Crippen LogP contribution in [-0.4, -0.2) is 58.9 Å². The third kappa shape index (κ3) is 9.87. The maximum atomic E-state index is 9.43. The number of hydrogen-bond donors (Lipinski definition) is 0. The molecule has 120 valence electrons. The third-order valence-corrected chi connectivity index (χ3v) is 2.53. The highest BCUT2D eigenvalue weighted by Gasteiger charge is 2.02. The van der Waals surface area contributed by atoms with E-state index in [9.17, 15) is 4.79 Å². The monoisotopic (exact) mass is 297 g/mol. The van der Waals surface area contributed by atoms with Gasteiger partial charge >= 0.3 is 0 Å². The van der Waals surface area contributed by atoms with Gasteiger partial charge in [-0.1, -0.05) is 18.2 Å². The SMILES string of the molecule is CN(C)C=O.COCCOCCOc1c(C)cccc1C. The Kier molecular flexibility index (Phi) is 11.3. The summed E-state index contributed by atoms with van der Waals surface area (Å²) in [5.41, 5.74) is 2.33. The molecule has 0 fully saturated rings. The first-order valence-electron chi connectivity index (χ1n) is 6.90. The van der Waals surface area contributed by atoms with E-state index in [2.05, 4.69) is 0 Å². The Morgan fingerprint density at radius 2 is 1.57 bits per heavy atom. The maximum Gasteiger partial charge on any atom is 0.209 e. The van der Waals surface area contributed by atoms with Crippen LogP contribution in [0.2, 0.25) is 0 Å². The van der Waals surface area contributed by atoms with Gasteiger partial charge in [0.15, 0.2) is 0 Å². The molecule has 0 aliphatic rings. The van der Waals surface area contributed by atoms with E-state index in [4.69, 9.17) is 14.2 Å². The van der Waals surface area contributed by atoms with Crippen LogP contribution >= 0.6 is 0 Å². The van der Waals surface area contributed by atoms with Crippen LogP contribution in [0.15, 0.2) is 18.2 Å². The lowest BCUT2D eigenvalue weighted by Gasteiger charge is -2.11. The van der Waals surface area contributed by atoms with Gasteiger partial charge in [0.05, 0.1) is 19.8 Å². The smallest absolute Gasteiger partial charge is 0.209 e. The van der Waals surface area contributed by atoms with Gasteiger partial charge in [0, 0.05) is 21.2 Å². The van der Waals surface area contributed by atoms with Crippen molar-refractivity contribution in [3.8, 4) is 5.75 Å². The van der Waals surface area contributed by atoms with Gasteiger partial charge in [-0.2, -0.15) is 0 Å². The standard InChI is InChI=1S/C13H20O3.C3H7NO/c1-11-5-4-6-12(2)13(11)16-10-9-15-8-7-14-3;1-4(2)3-5/h4-6H,7-10H2,1-3H3;3H,1-2H3. The highest BCUT2D eigenvalue weighted by Crippen LogP contribution is 2.21. The van der Waals surface area contributed by atoms with E-state index in [0.717, 1.165) is 23.3 Å². The van der Waals surface area contributed by atoms with Gasteiger partial charge in [-0.05, 0) is 25.0 Å². The van der Waals surface area contributed by atoms with Crippen LogP contribution in [0.5, 0.6) is 5.75 Å². The van der Waals surface area contributed by atoms with Crippen LogP contribution in [0.25, 0.3) is 0 Å². The van der Waals surface area contributed by atoms with Crippen molar-refractivity contribution >= 4 is 6.41 Å². The molecule has 0 spiro atoms. The second kappa shape index (κ2) is 12.2. The molecule has 5 heteroatoms. The van der Waals surface area contributed by atoms with E-state index in [0.29, 0.717) is 26.4 Å². The molecule has 0 atom stereocenters. The van der Waals surface area contributed by atoms with Crippen LogP contribution in [-0.2, 0) is 14.3 Å². The summed E-state index contributed by atoms with van der Waals surface area (Å²) in [6, 6.07) is 6.13. The summed E-state index contributed by atoms with van der Waals surface area (Å²) < 4.78 is 15.9. The molecule has 1 aromatic rings. The number of para-hydroxylation sites is 1. The number of rotatable bonds is 8. The fourth-order valence-corrected chi connectivity index (χ4v) is 1.47. The molecule has 0 saturated heterocycles. The van der Waals surface area contributed by atoms with E-state index in [1.54, 1.807) is 21.2 Å². The van der Waals surface area contributed by atoms with Crippen molar-refractivity contribution in [1.29, 1.82) is 0 Å². The van der Waals surface area contributed by atoms with Crippen molar-refractivity contribution in [2.45, 2.75) is 13.8 Å². The Bertz CT molecular complexity index is 374. The number of ether oxygens (including phenoxy) is 3. The molecular formula is C16H27NO4. The summed E-state index contributed by atoms with van der Waals surface area (Å²) in [6.07, 6.45) is 0.750. The van der Waals surface area contributed by atoms with Gasteiger partial charge < -0.3 is 19.1 Å². The zero-order chi connectivity index (χ0) is 16.1. The fraction of sp³-hybridized carbons (Fsp3) is 0.562. The van der Waals surface area contributed by atoms with Gasteiger partial charge in [-0.25, -0.2) is 0 Å². The van der Waals surface area contributed by atoms with Crippen molar-refractivity contribution in [1.82, 2.24) is 4.90 Å². The lowest BCUT2D eigenvalue weighted by Crippen LogP contribution is -2.10. The Balaban J connectivity index is 0.000000690. The maximum absolute atomic E-state index is 9.43. The minimum atomic E-state index is 0.579. The van der Waals surface area contributed by atoms with Gasteiger partial charge in [0.2, 0.25) is 6.41 Å². The summed E-state index contributed by atoms with van der Waals surface area (Å²) in [5, 5.41) is 0. The number of carbonyl (C=O) groups excluding carboxylic acids is 1. The molecule has 1 rings (SSSR count). The summed E-state index contributed by atoms with van der Waals surface area (Å²) >= 11 is 0. The minimum absolute atomic E-state index is 0.579. The second-order valence-corrected chi connectivity index (χ2v) is 4.74. The quantitative estimate of drug-likeness (QED) is 0.544.